The van der Waals surface area contributed by atoms with E-state index in [0.29, 0.717) is 28.0 Å². The molecule has 222 valence electrons. The number of alkyl halides is 3. The summed E-state index contributed by atoms with van der Waals surface area (Å²) in [4.78, 5) is 12.9. The lowest BCUT2D eigenvalue weighted by molar-refractivity contribution is -0.218. The maximum Gasteiger partial charge on any atom is 0.490 e. The Hall–Kier alpha value is -3.58. The first-order valence-electron chi connectivity index (χ1n) is 12.9. The number of nitrogens with zero attached hydrogens (tertiary/aromatic N) is 2. The Morgan fingerprint density at radius 2 is 1.81 bits per heavy atom. The Balaban J connectivity index is 0.000000451. The Morgan fingerprint density at radius 3 is 2.48 bits per heavy atom. The zero-order valence-electron chi connectivity index (χ0n) is 22.1. The number of H-pyrrole nitrogens is 1. The van der Waals surface area contributed by atoms with Crippen molar-refractivity contribution in [2.45, 2.75) is 44.4 Å². The summed E-state index contributed by atoms with van der Waals surface area (Å²) >= 11 is 12.6. The van der Waals surface area contributed by atoms with Crippen molar-refractivity contribution in [3.05, 3.63) is 70.0 Å². The second-order valence-corrected chi connectivity index (χ2v) is 10.5. The molecular weight excluding hydrogens is 600 g/mol. The standard InChI is InChI=1S/C26H24Cl2N4O3.C2HF3O2/c1-15(24-20(27)12-30-13-21(24)28)34-18-3-4-22-19(11-18)25(32-31-22)16-2-5-23-17(10-16)14-33-26(35-23)6-8-29-9-7-26;3-2(4,5)1(6)7/h2-5,10-13,15,29H,6-9,14H2,1H3,(H,31,32);(H,6,7)/t15-;/m1./s1. The van der Waals surface area contributed by atoms with Crippen LogP contribution in [0.4, 0.5) is 13.2 Å². The summed E-state index contributed by atoms with van der Waals surface area (Å²) in [6.07, 6.45) is -0.622. The maximum absolute atomic E-state index is 10.6. The van der Waals surface area contributed by atoms with Crippen LogP contribution in [0.15, 0.2) is 48.8 Å². The molecule has 6 rings (SSSR count). The van der Waals surface area contributed by atoms with E-state index in [0.717, 1.165) is 59.4 Å². The van der Waals surface area contributed by atoms with Crippen LogP contribution in [0.1, 0.15) is 37.0 Å². The number of rotatable bonds is 4. The van der Waals surface area contributed by atoms with Crippen LogP contribution in [0.25, 0.3) is 22.2 Å². The van der Waals surface area contributed by atoms with E-state index in [9.17, 15) is 13.2 Å². The van der Waals surface area contributed by atoms with Gasteiger partial charge in [0.15, 0.2) is 0 Å². The molecule has 2 aliphatic heterocycles. The van der Waals surface area contributed by atoms with Gasteiger partial charge in [0.05, 0.1) is 22.2 Å². The molecule has 2 aliphatic rings. The number of aromatic nitrogens is 3. The predicted octanol–water partition coefficient (Wildman–Crippen LogP) is 6.69. The van der Waals surface area contributed by atoms with Gasteiger partial charge in [-0.15, -0.1) is 0 Å². The smallest absolute Gasteiger partial charge is 0.486 e. The lowest BCUT2D eigenvalue weighted by atomic mass is 10.0. The van der Waals surface area contributed by atoms with E-state index in [2.05, 4.69) is 26.6 Å². The highest BCUT2D eigenvalue weighted by molar-refractivity contribution is 6.35. The number of nitrogens with one attached hydrogen (secondary N) is 2. The molecule has 42 heavy (non-hydrogen) atoms. The second-order valence-electron chi connectivity index (χ2n) is 9.73. The van der Waals surface area contributed by atoms with Crippen molar-refractivity contribution in [2.24, 2.45) is 0 Å². The van der Waals surface area contributed by atoms with Crippen molar-refractivity contribution in [3.63, 3.8) is 0 Å². The number of fused-ring (bicyclic) bond motifs is 2. The van der Waals surface area contributed by atoms with Crippen molar-refractivity contribution < 1.29 is 37.3 Å². The largest absolute Gasteiger partial charge is 0.490 e. The van der Waals surface area contributed by atoms with E-state index in [1.165, 1.54) is 0 Å². The number of piperidine rings is 1. The Kier molecular flexibility index (Phi) is 8.51. The summed E-state index contributed by atoms with van der Waals surface area (Å²) in [5, 5.41) is 20.1. The van der Waals surface area contributed by atoms with Gasteiger partial charge in [-0.2, -0.15) is 18.3 Å². The maximum atomic E-state index is 10.6. The minimum absolute atomic E-state index is 0.355. The van der Waals surface area contributed by atoms with E-state index in [1.54, 1.807) is 12.4 Å². The number of benzene rings is 2. The number of pyridine rings is 1. The average molecular weight is 625 g/mol. The van der Waals surface area contributed by atoms with Crippen molar-refractivity contribution in [2.75, 3.05) is 13.1 Å². The Morgan fingerprint density at radius 1 is 1.12 bits per heavy atom. The molecule has 0 amide bonds. The molecule has 4 aromatic rings. The summed E-state index contributed by atoms with van der Waals surface area (Å²) in [5.41, 5.74) is 4.46. The van der Waals surface area contributed by atoms with Crippen LogP contribution in [0.3, 0.4) is 0 Å². The molecule has 1 saturated heterocycles. The first-order valence-corrected chi connectivity index (χ1v) is 13.6. The zero-order chi connectivity index (χ0) is 30.1. The van der Waals surface area contributed by atoms with Crippen molar-refractivity contribution in [3.8, 4) is 22.8 Å². The lowest BCUT2D eigenvalue weighted by Gasteiger charge is -2.41. The van der Waals surface area contributed by atoms with E-state index >= 15 is 0 Å². The second kappa shape index (κ2) is 12.0. The van der Waals surface area contributed by atoms with Gasteiger partial charge in [0, 0.05) is 60.4 Å². The van der Waals surface area contributed by atoms with Crippen LogP contribution in [0.2, 0.25) is 10.0 Å². The van der Waals surface area contributed by atoms with Gasteiger partial charge in [-0.05, 0) is 43.3 Å². The van der Waals surface area contributed by atoms with Crippen molar-refractivity contribution >= 4 is 40.1 Å². The molecule has 3 N–H and O–H groups in total. The molecule has 0 aliphatic carbocycles. The number of hydrogen-bond acceptors (Lipinski definition) is 7. The number of carboxylic acid groups (broad SMARTS) is 1. The first-order chi connectivity index (χ1) is 20.0. The molecule has 2 aromatic carbocycles. The molecule has 1 atom stereocenters. The third-order valence-electron chi connectivity index (χ3n) is 6.87. The summed E-state index contributed by atoms with van der Waals surface area (Å²) in [6.45, 7) is 4.22. The highest BCUT2D eigenvalue weighted by Crippen LogP contribution is 2.40. The Bertz CT molecular complexity index is 1590. The van der Waals surface area contributed by atoms with Crippen LogP contribution in [-0.2, 0) is 16.1 Å². The third kappa shape index (κ3) is 6.41. The summed E-state index contributed by atoms with van der Waals surface area (Å²) in [7, 11) is 0. The monoisotopic (exact) mass is 624 g/mol. The van der Waals surface area contributed by atoms with Gasteiger partial charge in [-0.3, -0.25) is 10.1 Å². The molecule has 0 unspecified atom stereocenters. The number of carbonyl (C=O) groups is 1. The lowest BCUT2D eigenvalue weighted by Crippen LogP contribution is -2.49. The first kappa shape index (κ1) is 29.9. The third-order valence-corrected chi connectivity index (χ3v) is 7.47. The summed E-state index contributed by atoms with van der Waals surface area (Å²) < 4.78 is 50.4. The van der Waals surface area contributed by atoms with Crippen LogP contribution in [0, 0.1) is 0 Å². The highest BCUT2D eigenvalue weighted by atomic mass is 35.5. The molecule has 4 heterocycles. The van der Waals surface area contributed by atoms with Gasteiger partial charge in [0.2, 0.25) is 5.79 Å². The average Bonchev–Trinajstić information content (AvgIpc) is 3.36. The van der Waals surface area contributed by atoms with Crippen LogP contribution < -0.4 is 14.8 Å². The van der Waals surface area contributed by atoms with E-state index in [-0.39, 0.29) is 6.10 Å². The predicted molar refractivity (Wildman–Crippen MR) is 149 cm³/mol. The molecule has 0 bridgehead atoms. The van der Waals surface area contributed by atoms with E-state index in [4.69, 9.17) is 47.3 Å². The number of ether oxygens (including phenoxy) is 3. The van der Waals surface area contributed by atoms with Crippen LogP contribution in [0.5, 0.6) is 11.5 Å². The molecule has 1 spiro atoms. The topological polar surface area (TPSA) is 119 Å². The van der Waals surface area contributed by atoms with Gasteiger partial charge in [0.25, 0.3) is 0 Å². The molecule has 0 radical (unpaired) electrons. The number of aliphatic carboxylic acids is 1. The molecule has 0 saturated carbocycles. The highest BCUT2D eigenvalue weighted by Gasteiger charge is 2.39. The number of hydrogen-bond donors (Lipinski definition) is 3. The van der Waals surface area contributed by atoms with Crippen molar-refractivity contribution in [1.29, 1.82) is 0 Å². The summed E-state index contributed by atoms with van der Waals surface area (Å²) in [6, 6.07) is 12.0. The molecular formula is C28H25Cl2F3N4O5. The number of carboxylic acids is 1. The normalized spacial score (nSPS) is 16.6. The minimum atomic E-state index is -5.08. The van der Waals surface area contributed by atoms with Gasteiger partial charge >= 0.3 is 12.1 Å². The fourth-order valence-corrected chi connectivity index (χ4v) is 5.46. The van der Waals surface area contributed by atoms with E-state index in [1.807, 2.05) is 37.3 Å². The molecule has 2 aromatic heterocycles. The summed E-state index contributed by atoms with van der Waals surface area (Å²) in [5.74, 6) is -1.70. The van der Waals surface area contributed by atoms with Crippen LogP contribution >= 0.6 is 23.2 Å². The quantitative estimate of drug-likeness (QED) is 0.230. The van der Waals surface area contributed by atoms with E-state index < -0.39 is 17.9 Å². The number of halogens is 5. The fourth-order valence-electron chi connectivity index (χ4n) is 4.79. The molecule has 9 nitrogen and oxygen atoms in total. The number of aromatic amines is 1. The fraction of sp³-hybridized carbons (Fsp3) is 0.321. The molecule has 14 heteroatoms. The van der Waals surface area contributed by atoms with Gasteiger partial charge in [-0.25, -0.2) is 4.79 Å². The SMILES string of the molecule is C[C@@H](Oc1ccc2[nH]nc(-c3ccc4c(c3)COC3(CCNCC3)O4)c2c1)c1c(Cl)cncc1Cl.O=C(O)C(F)(F)F. The van der Waals surface area contributed by atoms with Gasteiger partial charge < -0.3 is 24.6 Å². The van der Waals surface area contributed by atoms with Gasteiger partial charge in [-0.1, -0.05) is 23.2 Å². The van der Waals surface area contributed by atoms with Crippen LogP contribution in [-0.4, -0.2) is 51.3 Å². The van der Waals surface area contributed by atoms with Crippen molar-refractivity contribution in [1.82, 2.24) is 20.5 Å². The minimum Gasteiger partial charge on any atom is -0.486 e. The van der Waals surface area contributed by atoms with Gasteiger partial charge in [0.1, 0.15) is 23.3 Å². The zero-order valence-corrected chi connectivity index (χ0v) is 23.6. The molecule has 1 fully saturated rings. The Labute approximate surface area is 247 Å².